The molecule has 146 valence electrons. The van der Waals surface area contributed by atoms with Crippen LogP contribution in [0.4, 0.5) is 52.7 Å². The molecule has 0 fully saturated rings. The lowest BCUT2D eigenvalue weighted by Gasteiger charge is -2.43. The summed E-state index contributed by atoms with van der Waals surface area (Å²) in [6.07, 6.45) is -18.5. The van der Waals surface area contributed by atoms with Gasteiger partial charge in [0.15, 0.2) is 0 Å². The molecule has 0 saturated heterocycles. The second-order valence-electron chi connectivity index (χ2n) is 4.91. The minimum Gasteiger partial charge on any atom is -0.293 e. The molecule has 2 nitrogen and oxygen atoms in total. The van der Waals surface area contributed by atoms with Gasteiger partial charge in [0.2, 0.25) is 0 Å². The fourth-order valence-electron chi connectivity index (χ4n) is 1.10. The predicted octanol–water partition coefficient (Wildman–Crippen LogP) is 5.13. The van der Waals surface area contributed by atoms with Crippen LogP contribution in [0.25, 0.3) is 0 Å². The molecule has 14 heteroatoms. The molecule has 2 unspecified atom stereocenters. The third kappa shape index (κ3) is 4.37. The summed E-state index contributed by atoms with van der Waals surface area (Å²) in [6, 6.07) is 0. The molecule has 0 spiro atoms. The molecule has 0 radical (unpaired) electrons. The van der Waals surface area contributed by atoms with Gasteiger partial charge in [0.05, 0.1) is 0 Å². The van der Waals surface area contributed by atoms with Crippen LogP contribution in [0.5, 0.6) is 0 Å². The molecule has 0 aromatic carbocycles. The van der Waals surface area contributed by atoms with E-state index in [-0.39, 0.29) is 0 Å². The number of rotatable bonds is 6. The van der Waals surface area contributed by atoms with Gasteiger partial charge in [0, 0.05) is 20.8 Å². The summed E-state index contributed by atoms with van der Waals surface area (Å²) in [5.74, 6) is -21.4. The third-order valence-corrected chi connectivity index (χ3v) is 2.60. The Morgan fingerprint density at radius 2 is 0.958 bits per heavy atom. The van der Waals surface area contributed by atoms with E-state index in [1.165, 1.54) is 0 Å². The molecule has 0 aromatic heterocycles. The highest BCUT2D eigenvalue weighted by Gasteiger charge is 2.80. The van der Waals surface area contributed by atoms with E-state index >= 15 is 0 Å². The molecule has 0 rings (SSSR count). The van der Waals surface area contributed by atoms with Crippen molar-refractivity contribution in [3.63, 3.8) is 0 Å². The van der Waals surface area contributed by atoms with Crippen molar-refractivity contribution in [2.45, 2.75) is 63.0 Å². The fraction of sp³-hybridized carbons (Fsp3) is 1.00. The molecule has 0 saturated carbocycles. The maximum atomic E-state index is 13.6. The van der Waals surface area contributed by atoms with Crippen molar-refractivity contribution in [3.8, 4) is 0 Å². The van der Waals surface area contributed by atoms with Crippen molar-refractivity contribution in [2.75, 3.05) is 0 Å². The second-order valence-corrected chi connectivity index (χ2v) is 4.91. The first-order chi connectivity index (χ1) is 10.1. The normalized spacial score (nSPS) is 20.0. The van der Waals surface area contributed by atoms with E-state index in [0.717, 1.165) is 0 Å². The van der Waals surface area contributed by atoms with Crippen molar-refractivity contribution in [2.24, 2.45) is 0 Å². The Morgan fingerprint density at radius 3 is 1.17 bits per heavy atom. The SMILES string of the molecule is CC(F)(OC(OC(C)(F)C(C)(F)F)(C(F)(F)F)C(F)(F)F)C(F)F. The Morgan fingerprint density at radius 1 is 0.625 bits per heavy atom. The quantitative estimate of drug-likeness (QED) is 0.462. The molecule has 0 aliphatic rings. The summed E-state index contributed by atoms with van der Waals surface area (Å²) in [5, 5.41) is 0. The summed E-state index contributed by atoms with van der Waals surface area (Å²) in [4.78, 5) is 0. The standard InChI is InChI=1S/C10H10F12O2/c1-5(13,4(11)12)23-8(9(17,18)19,10(20,21)22)24-7(3,16)6(2,14)15/h4H,1-3H3. The van der Waals surface area contributed by atoms with E-state index in [1.54, 1.807) is 0 Å². The average molecular weight is 390 g/mol. The Hall–Kier alpha value is -0.920. The lowest BCUT2D eigenvalue weighted by Crippen LogP contribution is -2.67. The van der Waals surface area contributed by atoms with Crippen molar-refractivity contribution in [3.05, 3.63) is 0 Å². The molecule has 2 atom stereocenters. The van der Waals surface area contributed by atoms with Gasteiger partial charge in [-0.2, -0.15) is 26.3 Å². The zero-order valence-corrected chi connectivity index (χ0v) is 11.9. The van der Waals surface area contributed by atoms with Crippen LogP contribution in [0.3, 0.4) is 0 Å². The van der Waals surface area contributed by atoms with Gasteiger partial charge in [-0.3, -0.25) is 9.47 Å². The molecular formula is C10H10F12O2. The number of hydrogen-bond acceptors (Lipinski definition) is 2. The summed E-state index contributed by atoms with van der Waals surface area (Å²) < 4.78 is 159. The fourth-order valence-corrected chi connectivity index (χ4v) is 1.10. The molecule has 0 aromatic rings. The van der Waals surface area contributed by atoms with E-state index in [2.05, 4.69) is 9.47 Å². The van der Waals surface area contributed by atoms with E-state index in [9.17, 15) is 52.7 Å². The van der Waals surface area contributed by atoms with Crippen LogP contribution in [-0.2, 0) is 9.47 Å². The van der Waals surface area contributed by atoms with Gasteiger partial charge in [-0.25, -0.2) is 26.3 Å². The first-order valence-electron chi connectivity index (χ1n) is 5.68. The van der Waals surface area contributed by atoms with E-state index in [4.69, 9.17) is 0 Å². The molecule has 0 bridgehead atoms. The van der Waals surface area contributed by atoms with Gasteiger partial charge in [-0.15, -0.1) is 0 Å². The van der Waals surface area contributed by atoms with E-state index in [1.807, 2.05) is 0 Å². The number of alkyl halides is 12. The molecule has 0 amide bonds. The Balaban J connectivity index is 6.39. The molecule has 0 aliphatic heterocycles. The molecule has 24 heavy (non-hydrogen) atoms. The first kappa shape index (κ1) is 23.1. The topological polar surface area (TPSA) is 18.5 Å². The van der Waals surface area contributed by atoms with Crippen LogP contribution in [0.1, 0.15) is 20.8 Å². The highest BCUT2D eigenvalue weighted by molar-refractivity contribution is 4.94. The lowest BCUT2D eigenvalue weighted by molar-refractivity contribution is -0.535. The summed E-state index contributed by atoms with van der Waals surface area (Å²) in [7, 11) is 0. The Labute approximate surface area is 126 Å². The first-order valence-corrected chi connectivity index (χ1v) is 5.68. The van der Waals surface area contributed by atoms with Gasteiger partial charge in [-0.1, -0.05) is 0 Å². The smallest absolute Gasteiger partial charge is 0.293 e. The van der Waals surface area contributed by atoms with Crippen molar-refractivity contribution in [1.82, 2.24) is 0 Å². The van der Waals surface area contributed by atoms with Crippen LogP contribution in [0, 0.1) is 0 Å². The minimum atomic E-state index is -6.95. The molecular weight excluding hydrogens is 380 g/mol. The summed E-state index contributed by atoms with van der Waals surface area (Å²) in [6.45, 7) is -1.54. The van der Waals surface area contributed by atoms with Gasteiger partial charge in [0.25, 0.3) is 18.1 Å². The van der Waals surface area contributed by atoms with Crippen molar-refractivity contribution in [1.29, 1.82) is 0 Å². The van der Waals surface area contributed by atoms with Gasteiger partial charge in [0.1, 0.15) is 0 Å². The predicted molar refractivity (Wildman–Crippen MR) is 52.7 cm³/mol. The zero-order chi connectivity index (χ0) is 20.0. The zero-order valence-electron chi connectivity index (χ0n) is 11.9. The second kappa shape index (κ2) is 6.11. The van der Waals surface area contributed by atoms with Crippen LogP contribution < -0.4 is 0 Å². The maximum Gasteiger partial charge on any atom is 0.453 e. The van der Waals surface area contributed by atoms with Crippen LogP contribution in [-0.4, -0.2) is 42.2 Å². The van der Waals surface area contributed by atoms with E-state index < -0.39 is 63.0 Å². The summed E-state index contributed by atoms with van der Waals surface area (Å²) >= 11 is 0. The monoisotopic (exact) mass is 390 g/mol. The molecule has 0 aliphatic carbocycles. The Bertz CT molecular complexity index is 417. The maximum absolute atomic E-state index is 13.6. The third-order valence-electron chi connectivity index (χ3n) is 2.60. The number of halogens is 12. The van der Waals surface area contributed by atoms with Crippen LogP contribution >= 0.6 is 0 Å². The Kier molecular flexibility index (Phi) is 5.87. The lowest BCUT2D eigenvalue weighted by atomic mass is 10.1. The summed E-state index contributed by atoms with van der Waals surface area (Å²) in [5.41, 5.74) is 0. The number of ether oxygens (including phenoxy) is 2. The van der Waals surface area contributed by atoms with E-state index in [0.29, 0.717) is 0 Å². The van der Waals surface area contributed by atoms with Gasteiger partial charge in [-0.05, 0) is 0 Å². The van der Waals surface area contributed by atoms with Crippen LogP contribution in [0.15, 0.2) is 0 Å². The average Bonchev–Trinajstić information content (AvgIpc) is 2.22. The van der Waals surface area contributed by atoms with Crippen molar-refractivity contribution < 1.29 is 62.2 Å². The minimum absolute atomic E-state index is 0.452. The van der Waals surface area contributed by atoms with Gasteiger partial charge >= 0.3 is 24.1 Å². The largest absolute Gasteiger partial charge is 0.453 e. The number of hydrogen-bond donors (Lipinski definition) is 0. The highest BCUT2D eigenvalue weighted by Crippen LogP contribution is 2.53. The van der Waals surface area contributed by atoms with Crippen LogP contribution in [0.2, 0.25) is 0 Å². The van der Waals surface area contributed by atoms with Gasteiger partial charge < -0.3 is 0 Å². The molecule has 0 N–H and O–H groups in total. The molecule has 0 heterocycles. The highest BCUT2D eigenvalue weighted by atomic mass is 19.4. The van der Waals surface area contributed by atoms with Crippen molar-refractivity contribution >= 4 is 0 Å².